The van der Waals surface area contributed by atoms with Gasteiger partial charge in [0, 0.05) is 16.7 Å². The Balaban J connectivity index is 2.29. The summed E-state index contributed by atoms with van der Waals surface area (Å²) in [5.41, 5.74) is 3.32. The minimum atomic E-state index is -2.80. The molecule has 1 aromatic carbocycles. The van der Waals surface area contributed by atoms with E-state index in [1.165, 1.54) is 6.07 Å². The molecule has 0 amide bonds. The maximum absolute atomic E-state index is 14.6. The van der Waals surface area contributed by atoms with Crippen LogP contribution in [0.2, 0.25) is 0 Å². The predicted molar refractivity (Wildman–Crippen MR) is 95.1 cm³/mol. The molecular weight excluding hydrogens is 360 g/mol. The summed E-state index contributed by atoms with van der Waals surface area (Å²) >= 11 is 0. The highest BCUT2D eigenvalue weighted by Gasteiger charge is 2.18. The number of aromatic nitrogens is 1. The van der Waals surface area contributed by atoms with Gasteiger partial charge in [0.25, 0.3) is 0 Å². The van der Waals surface area contributed by atoms with Gasteiger partial charge in [0.1, 0.15) is 5.75 Å². The van der Waals surface area contributed by atoms with Crippen LogP contribution in [0.5, 0.6) is 11.5 Å². The SMILES string of the molecule is Cc1cc(OCO[P+](=O)O)c(F)c(C)c1Cc1ccc(O)c(C(C)C)n1. The number of halogens is 1. The first kappa shape index (κ1) is 20.2. The molecule has 0 aliphatic carbocycles. The summed E-state index contributed by atoms with van der Waals surface area (Å²) in [7, 11) is -2.80. The third-order valence-electron chi connectivity index (χ3n) is 4.06. The Hall–Kier alpha value is -2.08. The zero-order valence-electron chi connectivity index (χ0n) is 15.1. The molecule has 0 aliphatic heterocycles. The van der Waals surface area contributed by atoms with Crippen LogP contribution in [-0.2, 0) is 15.5 Å². The van der Waals surface area contributed by atoms with Gasteiger partial charge in [-0.3, -0.25) is 4.98 Å². The fourth-order valence-electron chi connectivity index (χ4n) is 2.69. The van der Waals surface area contributed by atoms with Crippen LogP contribution in [0.4, 0.5) is 4.39 Å². The summed E-state index contributed by atoms with van der Waals surface area (Å²) in [6.07, 6.45) is 0.411. The van der Waals surface area contributed by atoms with Gasteiger partial charge in [-0.25, -0.2) is 4.39 Å². The Morgan fingerprint density at radius 2 is 2.00 bits per heavy atom. The standard InChI is InChI=1S/C18H21FNO5P/c1-10(2)18-15(21)6-5-13(20-18)8-14-11(3)7-16(17(19)12(14)4)24-9-25-26(22)23/h5-7,10H,8-9H2,1-4H3,(H-,21,22,23)/p+1. The van der Waals surface area contributed by atoms with E-state index >= 15 is 0 Å². The van der Waals surface area contributed by atoms with E-state index < -0.39 is 20.9 Å². The van der Waals surface area contributed by atoms with Gasteiger partial charge in [0.2, 0.25) is 6.79 Å². The fraction of sp³-hybridized carbons (Fsp3) is 0.389. The van der Waals surface area contributed by atoms with Crippen LogP contribution < -0.4 is 4.74 Å². The largest absolute Gasteiger partial charge is 0.698 e. The van der Waals surface area contributed by atoms with Crippen molar-refractivity contribution in [1.29, 1.82) is 0 Å². The molecule has 0 spiro atoms. The normalized spacial score (nSPS) is 11.7. The number of rotatable bonds is 7. The van der Waals surface area contributed by atoms with Crippen molar-refractivity contribution in [2.45, 2.75) is 40.0 Å². The van der Waals surface area contributed by atoms with Crippen molar-refractivity contribution >= 4 is 8.25 Å². The molecule has 2 aromatic rings. The van der Waals surface area contributed by atoms with Crippen molar-refractivity contribution in [1.82, 2.24) is 4.98 Å². The van der Waals surface area contributed by atoms with Gasteiger partial charge in [-0.1, -0.05) is 18.4 Å². The van der Waals surface area contributed by atoms with Gasteiger partial charge in [0.05, 0.1) is 5.69 Å². The molecule has 2 rings (SSSR count). The summed E-state index contributed by atoms with van der Waals surface area (Å²) in [5, 5.41) is 9.89. The molecule has 0 saturated heterocycles. The molecule has 0 radical (unpaired) electrons. The first-order valence-corrected chi connectivity index (χ1v) is 9.23. The monoisotopic (exact) mass is 382 g/mol. The van der Waals surface area contributed by atoms with Crippen LogP contribution in [0.3, 0.4) is 0 Å². The van der Waals surface area contributed by atoms with E-state index in [-0.39, 0.29) is 17.4 Å². The van der Waals surface area contributed by atoms with Crippen LogP contribution in [0.25, 0.3) is 0 Å². The molecule has 26 heavy (non-hydrogen) atoms. The lowest BCUT2D eigenvalue weighted by Crippen LogP contribution is -2.06. The Bertz CT molecular complexity index is 826. The van der Waals surface area contributed by atoms with E-state index in [9.17, 15) is 14.1 Å². The molecular formula is C18H22FNO5P+. The van der Waals surface area contributed by atoms with Crippen molar-refractivity contribution in [3.63, 3.8) is 0 Å². The number of aryl methyl sites for hydroxylation is 1. The van der Waals surface area contributed by atoms with Gasteiger partial charge in [-0.2, -0.15) is 0 Å². The molecule has 6 nitrogen and oxygen atoms in total. The van der Waals surface area contributed by atoms with Crippen molar-refractivity contribution in [3.05, 3.63) is 52.1 Å². The highest BCUT2D eigenvalue weighted by Crippen LogP contribution is 2.30. The van der Waals surface area contributed by atoms with Crippen LogP contribution in [0.15, 0.2) is 18.2 Å². The number of nitrogens with zero attached hydrogens (tertiary/aromatic N) is 1. The third kappa shape index (κ3) is 4.75. The molecule has 1 aromatic heterocycles. The van der Waals surface area contributed by atoms with Crippen molar-refractivity contribution in [2.24, 2.45) is 0 Å². The lowest BCUT2D eigenvalue weighted by molar-refractivity contribution is 0.110. The van der Waals surface area contributed by atoms with Gasteiger partial charge < -0.3 is 9.84 Å². The molecule has 0 bridgehead atoms. The van der Waals surface area contributed by atoms with Gasteiger partial charge in [-0.15, -0.1) is 4.89 Å². The van der Waals surface area contributed by atoms with E-state index in [2.05, 4.69) is 9.51 Å². The van der Waals surface area contributed by atoms with E-state index in [4.69, 9.17) is 9.63 Å². The molecule has 8 heteroatoms. The second kappa shape index (κ2) is 8.54. The number of hydrogen-bond acceptors (Lipinski definition) is 5. The topological polar surface area (TPSA) is 88.9 Å². The third-order valence-corrected chi connectivity index (χ3v) is 4.39. The highest BCUT2D eigenvalue weighted by molar-refractivity contribution is 7.32. The van der Waals surface area contributed by atoms with E-state index in [1.807, 2.05) is 20.8 Å². The zero-order chi connectivity index (χ0) is 19.4. The number of hydrogen-bond donors (Lipinski definition) is 2. The Morgan fingerprint density at radius 1 is 1.31 bits per heavy atom. The van der Waals surface area contributed by atoms with Gasteiger partial charge in [-0.05, 0) is 54.7 Å². The lowest BCUT2D eigenvalue weighted by atomic mass is 9.96. The smallest absolute Gasteiger partial charge is 0.506 e. The minimum Gasteiger partial charge on any atom is -0.506 e. The summed E-state index contributed by atoms with van der Waals surface area (Å²) in [5.74, 6) is -0.371. The van der Waals surface area contributed by atoms with E-state index in [0.29, 0.717) is 17.7 Å². The van der Waals surface area contributed by atoms with Crippen molar-refractivity contribution in [3.8, 4) is 11.5 Å². The van der Waals surface area contributed by atoms with Crippen LogP contribution in [-0.4, -0.2) is 21.8 Å². The fourth-order valence-corrected chi connectivity index (χ4v) is 2.83. The Morgan fingerprint density at radius 3 is 2.62 bits per heavy atom. The summed E-state index contributed by atoms with van der Waals surface area (Å²) in [4.78, 5) is 13.1. The summed E-state index contributed by atoms with van der Waals surface area (Å²) in [6.45, 7) is 6.83. The second-order valence-electron chi connectivity index (χ2n) is 6.28. The number of benzene rings is 1. The predicted octanol–water partition coefficient (Wildman–Crippen LogP) is 4.26. The summed E-state index contributed by atoms with van der Waals surface area (Å²) < 4.78 is 34.5. The zero-order valence-corrected chi connectivity index (χ0v) is 16.0. The van der Waals surface area contributed by atoms with E-state index in [1.54, 1.807) is 19.1 Å². The average Bonchev–Trinajstić information content (AvgIpc) is 2.57. The molecule has 2 N–H and O–H groups in total. The minimum absolute atomic E-state index is 0.0397. The lowest BCUT2D eigenvalue weighted by Gasteiger charge is -2.15. The van der Waals surface area contributed by atoms with Gasteiger partial charge >= 0.3 is 8.25 Å². The molecule has 1 unspecified atom stereocenters. The molecule has 0 saturated carbocycles. The van der Waals surface area contributed by atoms with Crippen molar-refractivity contribution < 1.29 is 28.2 Å². The maximum Gasteiger partial charge on any atom is 0.698 e. The Labute approximate surface area is 152 Å². The molecule has 1 heterocycles. The first-order valence-electron chi connectivity index (χ1n) is 8.09. The van der Waals surface area contributed by atoms with Crippen LogP contribution >= 0.6 is 8.25 Å². The van der Waals surface area contributed by atoms with Gasteiger partial charge in [0.15, 0.2) is 11.6 Å². The van der Waals surface area contributed by atoms with Crippen LogP contribution in [0.1, 0.15) is 47.8 Å². The molecule has 1 atom stereocenters. The number of pyridine rings is 1. The van der Waals surface area contributed by atoms with Crippen molar-refractivity contribution in [2.75, 3.05) is 6.79 Å². The van der Waals surface area contributed by atoms with E-state index in [0.717, 1.165) is 16.8 Å². The number of aromatic hydroxyl groups is 1. The second-order valence-corrected chi connectivity index (χ2v) is 7.01. The Kier molecular flexibility index (Phi) is 6.64. The average molecular weight is 382 g/mol. The highest BCUT2D eigenvalue weighted by atomic mass is 31.1. The first-order chi connectivity index (χ1) is 12.2. The van der Waals surface area contributed by atoms with Crippen LogP contribution in [0, 0.1) is 19.7 Å². The summed E-state index contributed by atoms with van der Waals surface area (Å²) in [6, 6.07) is 4.84. The maximum atomic E-state index is 14.6. The molecule has 140 valence electrons. The molecule has 0 fully saturated rings. The number of ether oxygens (including phenoxy) is 1. The molecule has 0 aliphatic rings. The quantitative estimate of drug-likeness (QED) is 0.549.